The summed E-state index contributed by atoms with van der Waals surface area (Å²) in [4.78, 5) is 28.3. The number of aromatic nitrogens is 3. The van der Waals surface area contributed by atoms with Gasteiger partial charge in [0.25, 0.3) is 0 Å². The van der Waals surface area contributed by atoms with Gasteiger partial charge >= 0.3 is 6.08 Å². The second kappa shape index (κ2) is 16.8. The van der Waals surface area contributed by atoms with Gasteiger partial charge in [-0.05, 0) is 71.8 Å². The van der Waals surface area contributed by atoms with Crippen molar-refractivity contribution in [1.29, 1.82) is 0 Å². The number of hydrogen-bond acceptors (Lipinski definition) is 15. The number of nitrogens with zero attached hydrogens (tertiary/aromatic N) is 6. The van der Waals surface area contributed by atoms with Crippen molar-refractivity contribution in [2.75, 3.05) is 28.3 Å². The normalized spacial score (nSPS) is 11.5. The number of carbonyl (C=O) groups excluding carboxylic acids is 1. The number of anilines is 5. The number of nitrogens with one attached hydrogen (secondary N) is 2. The smallest absolute Gasteiger partial charge is 0.315 e. The van der Waals surface area contributed by atoms with Crippen LogP contribution in [0.3, 0.4) is 0 Å². The van der Waals surface area contributed by atoms with Gasteiger partial charge < -0.3 is 20.6 Å². The lowest BCUT2D eigenvalue weighted by Crippen LogP contribution is -2.16. The van der Waals surface area contributed by atoms with E-state index in [1.807, 2.05) is 24.3 Å². The number of phenolic OH excluding ortho intramolecular Hbond substituents is 1. The lowest BCUT2D eigenvalue weighted by atomic mass is 10.1. The van der Waals surface area contributed by atoms with Crippen molar-refractivity contribution in [3.8, 4) is 5.75 Å². The number of azo groups is 1. The van der Waals surface area contributed by atoms with Crippen LogP contribution >= 0.6 is 49.6 Å². The first-order chi connectivity index (χ1) is 24.8. The molecule has 12 nitrogen and oxygen atoms in total. The maximum absolute atomic E-state index is 14.8. The van der Waals surface area contributed by atoms with Crippen LogP contribution in [0.1, 0.15) is 12.8 Å². The standard InChI is InChI=1S/C34H31FN8O4S5/c1-4-51-23-9-6-8-21(17-23)43(3)34-39-32(35)38-33(40-34)37-25-18-22(48)14-19-15-27(50)30(31(45)29(19)25)42-41-24-16-20(11-12-26(24)49)36-28(44)10-7-13-52(46,47)5-2/h4-6,8-9,11-12,14-18,45,48-50H,1-2,7,10,13H2,3H3,(H,36,44)(H,37,38,39,40). The molecule has 52 heavy (non-hydrogen) atoms. The summed E-state index contributed by atoms with van der Waals surface area (Å²) in [5.74, 6) is -0.992. The average Bonchev–Trinajstić information content (AvgIpc) is 3.08. The Morgan fingerprint density at radius 1 is 1.04 bits per heavy atom. The Morgan fingerprint density at radius 3 is 2.58 bits per heavy atom. The molecule has 0 aliphatic heterocycles. The van der Waals surface area contributed by atoms with Gasteiger partial charge in [0.2, 0.25) is 17.8 Å². The van der Waals surface area contributed by atoms with E-state index >= 15 is 0 Å². The zero-order valence-corrected chi connectivity index (χ0v) is 31.7. The van der Waals surface area contributed by atoms with Gasteiger partial charge in [-0.3, -0.25) is 4.79 Å². The number of benzene rings is 4. The molecule has 1 amide bonds. The van der Waals surface area contributed by atoms with Crippen LogP contribution in [-0.4, -0.2) is 47.2 Å². The molecule has 0 saturated carbocycles. The average molecular weight is 795 g/mol. The summed E-state index contributed by atoms with van der Waals surface area (Å²) in [5.41, 5.74) is 1.64. The van der Waals surface area contributed by atoms with Crippen LogP contribution in [0.5, 0.6) is 5.75 Å². The minimum atomic E-state index is -3.41. The number of sulfone groups is 1. The van der Waals surface area contributed by atoms with E-state index in [-0.39, 0.29) is 63.6 Å². The van der Waals surface area contributed by atoms with Crippen molar-refractivity contribution in [3.63, 3.8) is 0 Å². The Labute approximate surface area is 319 Å². The fraction of sp³-hybridized carbons (Fsp3) is 0.118. The quantitative estimate of drug-likeness (QED) is 0.0363. The van der Waals surface area contributed by atoms with E-state index < -0.39 is 21.8 Å². The maximum atomic E-state index is 14.8. The molecule has 268 valence electrons. The third kappa shape index (κ3) is 9.62. The molecule has 0 fully saturated rings. The van der Waals surface area contributed by atoms with Gasteiger partial charge in [-0.15, -0.1) is 48.1 Å². The molecule has 5 aromatic rings. The molecule has 1 heterocycles. The van der Waals surface area contributed by atoms with Crippen molar-refractivity contribution < 1.29 is 22.7 Å². The van der Waals surface area contributed by atoms with Crippen molar-refractivity contribution in [1.82, 2.24) is 15.0 Å². The number of thiol groups is 3. The van der Waals surface area contributed by atoms with Crippen molar-refractivity contribution >= 4 is 116 Å². The summed E-state index contributed by atoms with van der Waals surface area (Å²) in [6, 6.07) is 17.2. The van der Waals surface area contributed by atoms with E-state index in [0.717, 1.165) is 10.3 Å². The Hall–Kier alpha value is -4.62. The Balaban J connectivity index is 1.43. The van der Waals surface area contributed by atoms with Crippen LogP contribution in [0.2, 0.25) is 0 Å². The summed E-state index contributed by atoms with van der Waals surface area (Å²) in [7, 11) is -1.72. The van der Waals surface area contributed by atoms with E-state index in [9.17, 15) is 22.7 Å². The van der Waals surface area contributed by atoms with Gasteiger partial charge in [0, 0.05) is 55.2 Å². The van der Waals surface area contributed by atoms with Crippen LogP contribution in [0.4, 0.5) is 44.7 Å². The first-order valence-corrected chi connectivity index (χ1v) is 19.1. The summed E-state index contributed by atoms with van der Waals surface area (Å²) in [5, 5.41) is 29.1. The molecule has 0 saturated heterocycles. The number of rotatable bonds is 14. The van der Waals surface area contributed by atoms with Crippen LogP contribution in [0.25, 0.3) is 10.8 Å². The van der Waals surface area contributed by atoms with Gasteiger partial charge in [0.05, 0.1) is 11.4 Å². The van der Waals surface area contributed by atoms with E-state index in [1.54, 1.807) is 47.7 Å². The molecule has 18 heteroatoms. The first kappa shape index (κ1) is 38.6. The molecule has 1 aromatic heterocycles. The fourth-order valence-corrected chi connectivity index (χ4v) is 6.84. The second-order valence-corrected chi connectivity index (χ2v) is 15.6. The Kier molecular flexibility index (Phi) is 12.5. The van der Waals surface area contributed by atoms with Gasteiger partial charge in [-0.25, -0.2) is 8.42 Å². The molecule has 0 atom stereocenters. The Bertz CT molecular complexity index is 2340. The number of hydrogen-bond donors (Lipinski definition) is 6. The van der Waals surface area contributed by atoms with Crippen LogP contribution < -0.4 is 15.5 Å². The fourth-order valence-electron chi connectivity index (χ4n) is 4.85. The van der Waals surface area contributed by atoms with Crippen LogP contribution in [0.15, 0.2) is 114 Å². The van der Waals surface area contributed by atoms with Crippen LogP contribution in [0, 0.1) is 6.08 Å². The van der Waals surface area contributed by atoms with Gasteiger partial charge in [-0.1, -0.05) is 31.0 Å². The molecule has 0 aliphatic rings. The topological polar surface area (TPSA) is 162 Å². The molecule has 0 radical (unpaired) electrons. The molecular formula is C34H31FN8O4S5. The third-order valence-electron chi connectivity index (χ3n) is 7.32. The van der Waals surface area contributed by atoms with Crippen molar-refractivity contribution in [2.45, 2.75) is 32.4 Å². The van der Waals surface area contributed by atoms with E-state index in [4.69, 9.17) is 0 Å². The largest absolute Gasteiger partial charge is 0.505 e. The molecule has 0 bridgehead atoms. The summed E-state index contributed by atoms with van der Waals surface area (Å²) in [6.45, 7) is 7.00. The number of aromatic hydroxyl groups is 1. The highest BCUT2D eigenvalue weighted by Crippen LogP contribution is 2.45. The number of halogens is 1. The van der Waals surface area contributed by atoms with E-state index in [1.165, 1.54) is 17.8 Å². The monoisotopic (exact) mass is 794 g/mol. The van der Waals surface area contributed by atoms with Crippen molar-refractivity contribution in [2.24, 2.45) is 10.2 Å². The number of thioether (sulfide) groups is 1. The zero-order chi connectivity index (χ0) is 37.6. The molecule has 5 rings (SSSR count). The third-order valence-corrected chi connectivity index (χ3v) is 10.4. The minimum Gasteiger partial charge on any atom is -0.505 e. The predicted molar refractivity (Wildman–Crippen MR) is 213 cm³/mol. The van der Waals surface area contributed by atoms with Crippen LogP contribution in [-0.2, 0) is 14.6 Å². The highest BCUT2D eigenvalue weighted by Gasteiger charge is 2.19. The van der Waals surface area contributed by atoms with Gasteiger partial charge in [-0.2, -0.15) is 19.3 Å². The molecule has 4 aromatic carbocycles. The maximum Gasteiger partial charge on any atom is 0.315 e. The molecule has 0 aliphatic carbocycles. The first-order valence-electron chi connectivity index (χ1n) is 15.2. The minimum absolute atomic E-state index is 0.0101. The summed E-state index contributed by atoms with van der Waals surface area (Å²) < 4.78 is 38.0. The van der Waals surface area contributed by atoms with E-state index in [0.29, 0.717) is 26.6 Å². The summed E-state index contributed by atoms with van der Waals surface area (Å²) >= 11 is 14.9. The number of fused-ring (bicyclic) bond motifs is 1. The Morgan fingerprint density at radius 2 is 1.83 bits per heavy atom. The highest BCUT2D eigenvalue weighted by molar-refractivity contribution is 8.02. The highest BCUT2D eigenvalue weighted by atomic mass is 32.2. The van der Waals surface area contributed by atoms with Crippen molar-refractivity contribution in [3.05, 3.63) is 90.7 Å². The molecular weight excluding hydrogens is 764 g/mol. The number of carbonyl (C=O) groups is 1. The molecule has 0 unspecified atom stereocenters. The number of amides is 1. The van der Waals surface area contributed by atoms with E-state index in [2.05, 4.69) is 86.9 Å². The number of phenols is 1. The lowest BCUT2D eigenvalue weighted by Gasteiger charge is -2.19. The van der Waals surface area contributed by atoms with Gasteiger partial charge in [0.15, 0.2) is 15.6 Å². The molecule has 0 spiro atoms. The SMILES string of the molecule is C=CSc1cccc(N(C)c2nc(F)nc(Nc3cc(S)cc4cc(S)c(N=Nc5cc(NC(=O)CCCS(=O)(=O)C=C)ccc5S)c(O)c34)n2)c1. The summed E-state index contributed by atoms with van der Waals surface area (Å²) in [6.07, 6.45) is -0.927. The predicted octanol–water partition coefficient (Wildman–Crippen LogP) is 9.18. The van der Waals surface area contributed by atoms with Gasteiger partial charge in [0.1, 0.15) is 11.4 Å². The lowest BCUT2D eigenvalue weighted by molar-refractivity contribution is -0.116. The second-order valence-electron chi connectivity index (χ2n) is 11.0. The zero-order valence-electron chi connectivity index (χ0n) is 27.4. The molecule has 3 N–H and O–H groups in total.